The van der Waals surface area contributed by atoms with Crippen LogP contribution in [0.3, 0.4) is 0 Å². The van der Waals surface area contributed by atoms with Crippen LogP contribution < -0.4 is 0 Å². The zero-order valence-corrected chi connectivity index (χ0v) is 36.9. The summed E-state index contributed by atoms with van der Waals surface area (Å²) in [6, 6.07) is 70.0. The predicted octanol–water partition coefficient (Wildman–Crippen LogP) is 15.6. The van der Waals surface area contributed by atoms with Crippen LogP contribution in [0.15, 0.2) is 194 Å². The summed E-state index contributed by atoms with van der Waals surface area (Å²) in [5.74, 6) is 0.617. The molecule has 2 heteroatoms. The van der Waals surface area contributed by atoms with Gasteiger partial charge in [-0.1, -0.05) is 170 Å². The van der Waals surface area contributed by atoms with Gasteiger partial charge >= 0.3 is 0 Å². The molecule has 4 aliphatic rings. The van der Waals surface area contributed by atoms with Crippen LogP contribution in [0.1, 0.15) is 55.6 Å². The van der Waals surface area contributed by atoms with Crippen molar-refractivity contribution in [1.82, 2.24) is 0 Å². The molecule has 0 unspecified atom stereocenters. The molecule has 10 aromatic rings. The molecule has 0 saturated carbocycles. The fourth-order valence-corrected chi connectivity index (χ4v) is 12.3. The van der Waals surface area contributed by atoms with Crippen LogP contribution in [-0.4, -0.2) is 10.2 Å². The van der Waals surface area contributed by atoms with Crippen molar-refractivity contribution in [1.29, 1.82) is 0 Å². The van der Waals surface area contributed by atoms with Crippen molar-refractivity contribution in [3.8, 4) is 101 Å². The number of fused-ring (bicyclic) bond motifs is 12. The van der Waals surface area contributed by atoms with Crippen molar-refractivity contribution >= 4 is 0 Å². The highest BCUT2D eigenvalue weighted by molar-refractivity contribution is 5.95. The zero-order valence-electron chi connectivity index (χ0n) is 36.9. The molecule has 0 spiro atoms. The molecule has 0 fully saturated rings. The predicted molar refractivity (Wildman–Crippen MR) is 274 cm³/mol. The third-order valence-electron chi connectivity index (χ3n) is 15.3. The number of hydrogen-bond donors (Lipinski definition) is 2. The average molecular weight is 857 g/mol. The molecule has 10 aromatic carbocycles. The Morgan fingerprint density at radius 2 is 0.448 bits per heavy atom. The molecule has 67 heavy (non-hydrogen) atoms. The largest absolute Gasteiger partial charge is 0.507 e. The summed E-state index contributed by atoms with van der Waals surface area (Å²) in [6.07, 6.45) is 3.86. The number of aromatic hydroxyl groups is 2. The molecule has 14 rings (SSSR count). The van der Waals surface area contributed by atoms with E-state index in [1.54, 1.807) is 0 Å². The van der Waals surface area contributed by atoms with Crippen LogP contribution in [0, 0.1) is 0 Å². The lowest BCUT2D eigenvalue weighted by Gasteiger charge is -2.20. The number of rotatable bonds is 6. The normalized spacial score (nSPS) is 13.0. The van der Waals surface area contributed by atoms with E-state index in [-0.39, 0.29) is 0 Å². The van der Waals surface area contributed by atoms with E-state index in [1.807, 2.05) is 0 Å². The molecular weight excluding hydrogens is 813 g/mol. The van der Waals surface area contributed by atoms with E-state index >= 15 is 0 Å². The second-order valence-corrected chi connectivity index (χ2v) is 18.9. The summed E-state index contributed by atoms with van der Waals surface area (Å²) >= 11 is 0. The molecule has 2 N–H and O–H groups in total. The van der Waals surface area contributed by atoms with Crippen molar-refractivity contribution in [3.63, 3.8) is 0 Å². The highest BCUT2D eigenvalue weighted by Crippen LogP contribution is 2.52. The fourth-order valence-electron chi connectivity index (χ4n) is 12.3. The van der Waals surface area contributed by atoms with Gasteiger partial charge in [-0.15, -0.1) is 0 Å². The van der Waals surface area contributed by atoms with Crippen LogP contribution in [0.4, 0.5) is 0 Å². The maximum absolute atomic E-state index is 12.8. The van der Waals surface area contributed by atoms with Crippen LogP contribution in [0.25, 0.3) is 89.0 Å². The quantitative estimate of drug-likeness (QED) is 0.175. The zero-order chi connectivity index (χ0) is 44.3. The summed E-state index contributed by atoms with van der Waals surface area (Å²) in [5.41, 5.74) is 30.1. The van der Waals surface area contributed by atoms with Crippen molar-refractivity contribution in [3.05, 3.63) is 250 Å². The first kappa shape index (κ1) is 38.1. The lowest BCUT2D eigenvalue weighted by atomic mass is 9.85. The summed E-state index contributed by atoms with van der Waals surface area (Å²) in [4.78, 5) is 0. The minimum absolute atomic E-state index is 0.309. The Morgan fingerprint density at radius 1 is 0.239 bits per heavy atom. The van der Waals surface area contributed by atoms with E-state index in [0.29, 0.717) is 17.9 Å². The fraction of sp³-hybridized carbons (Fsp3) is 0.0769. The van der Waals surface area contributed by atoms with Gasteiger partial charge in [-0.25, -0.2) is 0 Å². The molecule has 0 atom stereocenters. The van der Waals surface area contributed by atoms with Gasteiger partial charge in [0, 0.05) is 22.3 Å². The van der Waals surface area contributed by atoms with Crippen LogP contribution >= 0.6 is 0 Å². The first-order chi connectivity index (χ1) is 33.0. The van der Waals surface area contributed by atoms with Crippen LogP contribution in [0.2, 0.25) is 0 Å². The Kier molecular flexibility index (Phi) is 8.34. The molecule has 316 valence electrons. The summed E-state index contributed by atoms with van der Waals surface area (Å²) in [6.45, 7) is 0. The van der Waals surface area contributed by atoms with E-state index in [4.69, 9.17) is 0 Å². The van der Waals surface area contributed by atoms with E-state index < -0.39 is 0 Å². The lowest BCUT2D eigenvalue weighted by Crippen LogP contribution is -1.99. The van der Waals surface area contributed by atoms with Gasteiger partial charge in [-0.05, 0) is 179 Å². The Bertz CT molecular complexity index is 3270. The molecule has 0 radical (unpaired) electrons. The molecule has 0 aromatic heterocycles. The molecule has 4 aliphatic carbocycles. The molecule has 0 bridgehead atoms. The molecule has 0 heterocycles. The first-order valence-electron chi connectivity index (χ1n) is 23.6. The third-order valence-corrected chi connectivity index (χ3v) is 15.3. The van der Waals surface area contributed by atoms with E-state index in [1.165, 1.54) is 89.0 Å². The van der Waals surface area contributed by atoms with Gasteiger partial charge in [0.1, 0.15) is 11.5 Å². The minimum atomic E-state index is 0.309. The second kappa shape index (κ2) is 14.7. The van der Waals surface area contributed by atoms with Crippen LogP contribution in [0.5, 0.6) is 11.5 Å². The maximum atomic E-state index is 12.8. The monoisotopic (exact) mass is 856 g/mol. The van der Waals surface area contributed by atoms with Gasteiger partial charge in [0.25, 0.3) is 0 Å². The molecular formula is C65H44O2. The maximum Gasteiger partial charge on any atom is 0.131 e. The first-order valence-corrected chi connectivity index (χ1v) is 23.6. The molecule has 2 nitrogen and oxygen atoms in total. The number of hydrogen-bond acceptors (Lipinski definition) is 2. The smallest absolute Gasteiger partial charge is 0.131 e. The Hall–Kier alpha value is -8.20. The van der Waals surface area contributed by atoms with Crippen molar-refractivity contribution in [2.45, 2.75) is 32.1 Å². The Morgan fingerprint density at radius 3 is 0.701 bits per heavy atom. The molecule has 0 aliphatic heterocycles. The standard InChI is InChI=1S/C65H44O2/c66-64-60(52-25-9-21-48-44-17-5-1-13-40(44)34-56(48)52)30-38(31-61(64)53-26-10-22-49-45-18-6-2-14-41(45)35-57(49)53)29-39-32-62(54-27-11-23-50-46-19-7-3-15-42(46)36-58(50)54)65(67)63(33-39)55-28-12-24-51-47-20-8-4-16-43(47)37-59(51)55/h1-28,30-33,66-67H,29,34-37H2. The van der Waals surface area contributed by atoms with Crippen molar-refractivity contribution in [2.75, 3.05) is 0 Å². The number of phenolic OH excluding ortho intramolecular Hbond substituents is 2. The van der Waals surface area contributed by atoms with Gasteiger partial charge < -0.3 is 10.2 Å². The summed E-state index contributed by atoms with van der Waals surface area (Å²) in [7, 11) is 0. The topological polar surface area (TPSA) is 40.5 Å². The van der Waals surface area contributed by atoms with Gasteiger partial charge in [-0.2, -0.15) is 0 Å². The third kappa shape index (κ3) is 5.82. The Balaban J connectivity index is 0.978. The van der Waals surface area contributed by atoms with E-state index in [0.717, 1.165) is 81.3 Å². The van der Waals surface area contributed by atoms with Crippen molar-refractivity contribution in [2.24, 2.45) is 0 Å². The van der Waals surface area contributed by atoms with Gasteiger partial charge in [0.05, 0.1) is 0 Å². The minimum Gasteiger partial charge on any atom is -0.507 e. The highest BCUT2D eigenvalue weighted by atomic mass is 16.3. The van der Waals surface area contributed by atoms with Gasteiger partial charge in [0.15, 0.2) is 0 Å². The van der Waals surface area contributed by atoms with Gasteiger partial charge in [-0.3, -0.25) is 0 Å². The van der Waals surface area contributed by atoms with E-state index in [9.17, 15) is 10.2 Å². The Labute approximate surface area is 390 Å². The lowest BCUT2D eigenvalue weighted by molar-refractivity contribution is 0.479. The number of phenols is 2. The number of benzene rings is 10. The summed E-state index contributed by atoms with van der Waals surface area (Å²) < 4.78 is 0. The molecule has 0 saturated heterocycles. The SMILES string of the molecule is Oc1c(-c2cccc3c2Cc2ccccc2-3)cc(Cc2cc(-c3cccc4c3Cc3ccccc3-4)c(O)c(-c3cccc4c3Cc3ccccc3-4)c2)cc1-c1cccc2c1Cc1ccccc1-2. The second-order valence-electron chi connectivity index (χ2n) is 18.9. The summed E-state index contributed by atoms with van der Waals surface area (Å²) in [5, 5.41) is 25.6. The van der Waals surface area contributed by atoms with Gasteiger partial charge in [0.2, 0.25) is 0 Å². The van der Waals surface area contributed by atoms with Crippen LogP contribution in [-0.2, 0) is 32.1 Å². The average Bonchev–Trinajstić information content (AvgIpc) is 4.15. The molecule has 0 amide bonds. The van der Waals surface area contributed by atoms with E-state index in [2.05, 4.69) is 194 Å². The highest BCUT2D eigenvalue weighted by Gasteiger charge is 2.29. The van der Waals surface area contributed by atoms with Crippen molar-refractivity contribution < 1.29 is 10.2 Å².